The first-order valence-corrected chi connectivity index (χ1v) is 4.16. The predicted molar refractivity (Wildman–Crippen MR) is 51.6 cm³/mol. The highest BCUT2D eigenvalue weighted by molar-refractivity contribution is 5.58. The van der Waals surface area contributed by atoms with Gasteiger partial charge in [0, 0.05) is 6.07 Å². The third-order valence-corrected chi connectivity index (χ3v) is 2.05. The Labute approximate surface area is 80.8 Å². The molecule has 0 aliphatic heterocycles. The molecule has 0 fully saturated rings. The fraction of sp³-hybridized carbons (Fsp3) is 0.222. The van der Waals surface area contributed by atoms with Gasteiger partial charge in [-0.2, -0.15) is 14.9 Å². The molecule has 0 unspecified atom stereocenters. The number of hydrogen-bond donors (Lipinski definition) is 1. The Hall–Kier alpha value is -2.09. The lowest BCUT2D eigenvalue weighted by Crippen LogP contribution is -2.05. The zero-order chi connectivity index (χ0) is 10.3. The monoisotopic (exact) mass is 187 g/mol. The van der Waals surface area contributed by atoms with Gasteiger partial charge in [0.25, 0.3) is 0 Å². The largest absolute Gasteiger partial charge is 0.382 e. The van der Waals surface area contributed by atoms with Crippen LogP contribution in [0.4, 0.5) is 5.82 Å². The van der Waals surface area contributed by atoms with Crippen molar-refractivity contribution in [1.29, 1.82) is 5.26 Å². The molecule has 0 aliphatic carbocycles. The minimum Gasteiger partial charge on any atom is -0.382 e. The van der Waals surface area contributed by atoms with Crippen molar-refractivity contribution in [2.75, 3.05) is 5.73 Å². The highest BCUT2D eigenvalue weighted by Crippen LogP contribution is 2.16. The molecule has 5 nitrogen and oxygen atoms in total. The molecule has 0 saturated heterocycles. The molecule has 70 valence electrons. The molecule has 0 atom stereocenters. The van der Waals surface area contributed by atoms with Gasteiger partial charge in [-0.15, -0.1) is 0 Å². The van der Waals surface area contributed by atoms with Crippen LogP contribution in [0.2, 0.25) is 0 Å². The summed E-state index contributed by atoms with van der Waals surface area (Å²) in [5.41, 5.74) is 8.32. The SMILES string of the molecule is Cc1cc2nc(C)c(C#N)c(N)n2n1. The summed E-state index contributed by atoms with van der Waals surface area (Å²) in [6, 6.07) is 3.84. The van der Waals surface area contributed by atoms with E-state index in [9.17, 15) is 0 Å². The van der Waals surface area contributed by atoms with Crippen LogP contribution in [-0.2, 0) is 0 Å². The molecular weight excluding hydrogens is 178 g/mol. The van der Waals surface area contributed by atoms with Crippen LogP contribution in [0.15, 0.2) is 6.07 Å². The molecule has 0 spiro atoms. The summed E-state index contributed by atoms with van der Waals surface area (Å²) < 4.78 is 1.49. The molecule has 0 saturated carbocycles. The summed E-state index contributed by atoms with van der Waals surface area (Å²) in [7, 11) is 0. The quantitative estimate of drug-likeness (QED) is 0.661. The van der Waals surface area contributed by atoms with Gasteiger partial charge in [0.15, 0.2) is 5.65 Å². The standard InChI is InChI=1S/C9H9N5/c1-5-3-8-12-6(2)7(4-10)9(11)14(8)13-5/h3H,11H2,1-2H3. The van der Waals surface area contributed by atoms with Crippen LogP contribution >= 0.6 is 0 Å². The minimum absolute atomic E-state index is 0.350. The van der Waals surface area contributed by atoms with Gasteiger partial charge in [0.1, 0.15) is 17.5 Å². The fourth-order valence-corrected chi connectivity index (χ4v) is 1.40. The van der Waals surface area contributed by atoms with Crippen LogP contribution in [0.25, 0.3) is 5.65 Å². The molecule has 0 radical (unpaired) electrons. The van der Waals surface area contributed by atoms with Gasteiger partial charge in [0.2, 0.25) is 0 Å². The van der Waals surface area contributed by atoms with E-state index in [4.69, 9.17) is 11.0 Å². The van der Waals surface area contributed by atoms with Crippen molar-refractivity contribution in [2.24, 2.45) is 0 Å². The average molecular weight is 187 g/mol. The molecule has 2 heterocycles. The van der Waals surface area contributed by atoms with Crippen molar-refractivity contribution in [3.05, 3.63) is 23.0 Å². The maximum absolute atomic E-state index is 8.85. The van der Waals surface area contributed by atoms with Gasteiger partial charge in [-0.25, -0.2) is 4.98 Å². The number of aryl methyl sites for hydroxylation is 2. The number of aromatic nitrogens is 3. The van der Waals surface area contributed by atoms with Crippen LogP contribution in [0.1, 0.15) is 17.0 Å². The Morgan fingerprint density at radius 3 is 2.86 bits per heavy atom. The van der Waals surface area contributed by atoms with E-state index in [0.717, 1.165) is 5.69 Å². The molecule has 0 aliphatic rings. The molecule has 14 heavy (non-hydrogen) atoms. The van der Waals surface area contributed by atoms with Crippen molar-refractivity contribution < 1.29 is 0 Å². The Kier molecular flexibility index (Phi) is 1.64. The van der Waals surface area contributed by atoms with Gasteiger partial charge in [0.05, 0.1) is 11.4 Å². The van der Waals surface area contributed by atoms with Gasteiger partial charge in [-0.3, -0.25) is 0 Å². The first-order valence-electron chi connectivity index (χ1n) is 4.16. The lowest BCUT2D eigenvalue weighted by atomic mass is 10.2. The van der Waals surface area contributed by atoms with Crippen molar-refractivity contribution in [2.45, 2.75) is 13.8 Å². The third kappa shape index (κ3) is 1.01. The van der Waals surface area contributed by atoms with Gasteiger partial charge >= 0.3 is 0 Å². The summed E-state index contributed by atoms with van der Waals surface area (Å²) in [5, 5.41) is 13.0. The summed E-state index contributed by atoms with van der Waals surface area (Å²) in [5.74, 6) is 0.350. The Morgan fingerprint density at radius 2 is 2.21 bits per heavy atom. The first kappa shape index (κ1) is 8.51. The number of rotatable bonds is 0. The molecule has 0 bridgehead atoms. The van der Waals surface area contributed by atoms with Crippen molar-refractivity contribution >= 4 is 11.5 Å². The minimum atomic E-state index is 0.350. The van der Waals surface area contributed by atoms with E-state index in [1.54, 1.807) is 6.92 Å². The second-order valence-electron chi connectivity index (χ2n) is 3.12. The van der Waals surface area contributed by atoms with Crippen LogP contribution in [0.3, 0.4) is 0 Å². The average Bonchev–Trinajstić information content (AvgIpc) is 2.47. The highest BCUT2D eigenvalue weighted by atomic mass is 15.3. The fourth-order valence-electron chi connectivity index (χ4n) is 1.40. The molecule has 0 amide bonds. The van der Waals surface area contributed by atoms with E-state index in [1.807, 2.05) is 19.1 Å². The summed E-state index contributed by atoms with van der Waals surface area (Å²) >= 11 is 0. The van der Waals surface area contributed by atoms with Gasteiger partial charge in [-0.1, -0.05) is 0 Å². The number of nitrogens with zero attached hydrogens (tertiary/aromatic N) is 4. The zero-order valence-corrected chi connectivity index (χ0v) is 7.94. The smallest absolute Gasteiger partial charge is 0.157 e. The lowest BCUT2D eigenvalue weighted by Gasteiger charge is -2.02. The van der Waals surface area contributed by atoms with E-state index in [2.05, 4.69) is 10.1 Å². The second kappa shape index (κ2) is 2.70. The highest BCUT2D eigenvalue weighted by Gasteiger charge is 2.10. The van der Waals surface area contributed by atoms with Gasteiger partial charge in [-0.05, 0) is 13.8 Å². The first-order chi connectivity index (χ1) is 6.63. The van der Waals surface area contributed by atoms with Crippen molar-refractivity contribution in [3.63, 3.8) is 0 Å². The summed E-state index contributed by atoms with van der Waals surface area (Å²) in [6.07, 6.45) is 0. The molecule has 2 aromatic heterocycles. The Morgan fingerprint density at radius 1 is 1.50 bits per heavy atom. The molecule has 2 aromatic rings. The van der Waals surface area contributed by atoms with E-state index in [1.165, 1.54) is 4.52 Å². The number of anilines is 1. The molecule has 2 rings (SSSR count). The lowest BCUT2D eigenvalue weighted by molar-refractivity contribution is 0.917. The summed E-state index contributed by atoms with van der Waals surface area (Å²) in [4.78, 5) is 4.23. The zero-order valence-electron chi connectivity index (χ0n) is 7.94. The Bertz CT molecular complexity index is 546. The topological polar surface area (TPSA) is 80.0 Å². The van der Waals surface area contributed by atoms with E-state index >= 15 is 0 Å². The van der Waals surface area contributed by atoms with Crippen LogP contribution < -0.4 is 5.73 Å². The summed E-state index contributed by atoms with van der Waals surface area (Å²) in [6.45, 7) is 3.62. The van der Waals surface area contributed by atoms with Crippen LogP contribution in [0, 0.1) is 25.2 Å². The van der Waals surface area contributed by atoms with Crippen LogP contribution in [0.5, 0.6) is 0 Å². The normalized spacial score (nSPS) is 10.4. The van der Waals surface area contributed by atoms with Crippen LogP contribution in [-0.4, -0.2) is 14.6 Å². The molecule has 5 heteroatoms. The van der Waals surface area contributed by atoms with Crippen molar-refractivity contribution in [1.82, 2.24) is 14.6 Å². The maximum atomic E-state index is 8.85. The van der Waals surface area contributed by atoms with E-state index < -0.39 is 0 Å². The third-order valence-electron chi connectivity index (χ3n) is 2.05. The maximum Gasteiger partial charge on any atom is 0.157 e. The van der Waals surface area contributed by atoms with E-state index in [-0.39, 0.29) is 0 Å². The predicted octanol–water partition coefficient (Wildman–Crippen LogP) is 0.800. The van der Waals surface area contributed by atoms with Gasteiger partial charge < -0.3 is 5.73 Å². The molecule has 2 N–H and O–H groups in total. The molecule has 0 aromatic carbocycles. The number of nitrogen functional groups attached to an aromatic ring is 1. The number of nitrogens with two attached hydrogens (primary N) is 1. The second-order valence-corrected chi connectivity index (χ2v) is 3.12. The van der Waals surface area contributed by atoms with E-state index in [0.29, 0.717) is 22.7 Å². The Balaban J connectivity index is 2.93. The molecular formula is C9H9N5. The number of nitriles is 1. The van der Waals surface area contributed by atoms with Crippen molar-refractivity contribution in [3.8, 4) is 6.07 Å². The number of hydrogen-bond acceptors (Lipinski definition) is 4. The number of fused-ring (bicyclic) bond motifs is 1.